The number of rotatable bonds is 1. The fraction of sp³-hybridized carbons (Fsp3) is 0. The molecular weight excluding hydrogens is 228 g/mol. The minimum atomic E-state index is 0.719. The number of hydrogen-bond acceptors (Lipinski definition) is 2. The maximum atomic E-state index is 10.8. The van der Waals surface area contributed by atoms with Gasteiger partial charge in [-0.15, -0.1) is 0 Å². The topological polar surface area (TPSA) is 17.1 Å². The fourth-order valence-corrected chi connectivity index (χ4v) is 2.65. The first-order valence-corrected chi connectivity index (χ1v) is 6.28. The number of fused-ring (bicyclic) bond motifs is 2. The van der Waals surface area contributed by atoms with E-state index >= 15 is 0 Å². The lowest BCUT2D eigenvalue weighted by Gasteiger charge is -2.06. The average molecular weight is 238 g/mol. The average Bonchev–Trinajstić information content (AvgIpc) is 2.57. The lowest BCUT2D eigenvalue weighted by atomic mass is 10.1. The van der Waals surface area contributed by atoms with E-state index in [-0.39, 0.29) is 0 Å². The molecule has 0 atom stereocenters. The molecule has 0 unspecified atom stereocenters. The van der Waals surface area contributed by atoms with E-state index in [1.165, 1.54) is 10.5 Å². The minimum Gasteiger partial charge on any atom is -0.298 e. The zero-order valence-electron chi connectivity index (χ0n) is 9.09. The summed E-state index contributed by atoms with van der Waals surface area (Å²) in [6, 6.07) is 5.77. The van der Waals surface area contributed by atoms with Crippen LogP contribution in [0, 0.1) is 0 Å². The second-order valence-electron chi connectivity index (χ2n) is 3.92. The van der Waals surface area contributed by atoms with E-state index < -0.39 is 0 Å². The van der Waals surface area contributed by atoms with Crippen LogP contribution in [-0.4, -0.2) is 6.29 Å². The molecule has 0 amide bonds. The number of benzene rings is 1. The van der Waals surface area contributed by atoms with Crippen LogP contribution in [0.2, 0.25) is 0 Å². The van der Waals surface area contributed by atoms with E-state index in [2.05, 4.69) is 35.8 Å². The normalized spacial score (nSPS) is 16.5. The van der Waals surface area contributed by atoms with E-state index in [0.717, 1.165) is 22.3 Å². The van der Waals surface area contributed by atoms with Crippen molar-refractivity contribution < 1.29 is 4.79 Å². The maximum Gasteiger partial charge on any atom is 0.150 e. The molecule has 82 valence electrons. The summed E-state index contributed by atoms with van der Waals surface area (Å²) >= 11 is 1.72. The van der Waals surface area contributed by atoms with E-state index in [0.29, 0.717) is 0 Å². The molecule has 0 bridgehead atoms. The van der Waals surface area contributed by atoms with Crippen LogP contribution >= 0.6 is 11.8 Å². The highest BCUT2D eigenvalue weighted by Gasteiger charge is 2.06. The van der Waals surface area contributed by atoms with Crippen LogP contribution in [0.5, 0.6) is 0 Å². The summed E-state index contributed by atoms with van der Waals surface area (Å²) < 4.78 is 0. The van der Waals surface area contributed by atoms with Gasteiger partial charge in [-0.1, -0.05) is 42.1 Å². The summed E-state index contributed by atoms with van der Waals surface area (Å²) in [4.78, 5) is 12.0. The van der Waals surface area contributed by atoms with Crippen molar-refractivity contribution in [3.63, 3.8) is 0 Å². The van der Waals surface area contributed by atoms with Crippen LogP contribution in [-0.2, 0) is 0 Å². The number of carbonyl (C=O) groups excluding carboxylic acids is 1. The zero-order valence-corrected chi connectivity index (χ0v) is 9.91. The Kier molecular flexibility index (Phi) is 2.57. The van der Waals surface area contributed by atoms with Gasteiger partial charge in [-0.2, -0.15) is 0 Å². The third-order valence-corrected chi connectivity index (χ3v) is 3.73. The lowest BCUT2D eigenvalue weighted by molar-refractivity contribution is 0.112. The standard InChI is InChI=1S/C15H10OS/c16-10-11-3-4-13-9-14-2-1-7-17-15(14)6-5-12(13)8-11/h1-10H. The third-order valence-electron chi connectivity index (χ3n) is 2.81. The number of allylic oxidation sites excluding steroid dienone is 4. The fourth-order valence-electron chi connectivity index (χ4n) is 1.94. The molecule has 1 nitrogen and oxygen atoms in total. The molecule has 0 aromatic heterocycles. The number of hydrogen-bond donors (Lipinski definition) is 0. The molecular formula is C15H10OS. The predicted molar refractivity (Wildman–Crippen MR) is 72.9 cm³/mol. The number of thioether (sulfide) groups is 1. The van der Waals surface area contributed by atoms with Crippen molar-refractivity contribution in [2.45, 2.75) is 0 Å². The Morgan fingerprint density at radius 2 is 2.00 bits per heavy atom. The molecule has 0 spiro atoms. The molecule has 1 aliphatic carbocycles. The quantitative estimate of drug-likeness (QED) is 0.697. The Balaban J connectivity index is 2.28. The van der Waals surface area contributed by atoms with E-state index in [1.54, 1.807) is 11.8 Å². The Labute approximate surface area is 104 Å². The number of carbonyl (C=O) groups is 1. The maximum absolute atomic E-state index is 10.8. The summed E-state index contributed by atoms with van der Waals surface area (Å²) in [5.41, 5.74) is 1.95. The second-order valence-corrected chi connectivity index (χ2v) is 4.86. The predicted octanol–water partition coefficient (Wildman–Crippen LogP) is 2.14. The smallest absolute Gasteiger partial charge is 0.150 e. The molecule has 0 saturated heterocycles. The highest BCUT2D eigenvalue weighted by molar-refractivity contribution is 8.06. The first kappa shape index (κ1) is 10.4. The Morgan fingerprint density at radius 1 is 1.06 bits per heavy atom. The van der Waals surface area contributed by atoms with Gasteiger partial charge < -0.3 is 0 Å². The highest BCUT2D eigenvalue weighted by atomic mass is 32.2. The first-order valence-electron chi connectivity index (χ1n) is 5.40. The molecule has 1 aliphatic heterocycles. The molecule has 0 N–H and O–H groups in total. The van der Waals surface area contributed by atoms with E-state index in [4.69, 9.17) is 0 Å². The van der Waals surface area contributed by atoms with Gasteiger partial charge in [-0.25, -0.2) is 0 Å². The second kappa shape index (κ2) is 4.22. The molecule has 1 aromatic carbocycles. The third kappa shape index (κ3) is 1.92. The van der Waals surface area contributed by atoms with Crippen LogP contribution in [0.15, 0.2) is 52.3 Å². The van der Waals surface area contributed by atoms with Crippen LogP contribution in [0.1, 0.15) is 10.4 Å². The van der Waals surface area contributed by atoms with Gasteiger partial charge in [-0.3, -0.25) is 4.79 Å². The Morgan fingerprint density at radius 3 is 2.88 bits per heavy atom. The summed E-state index contributed by atoms with van der Waals surface area (Å²) in [5.74, 6) is 0. The molecule has 3 rings (SSSR count). The van der Waals surface area contributed by atoms with E-state index in [1.807, 2.05) is 18.2 Å². The van der Waals surface area contributed by atoms with Gasteiger partial charge in [0, 0.05) is 10.5 Å². The van der Waals surface area contributed by atoms with Gasteiger partial charge in [0.05, 0.1) is 0 Å². The van der Waals surface area contributed by atoms with Gasteiger partial charge in [-0.05, 0) is 39.6 Å². The van der Waals surface area contributed by atoms with Crippen molar-refractivity contribution in [1.82, 2.24) is 0 Å². The van der Waals surface area contributed by atoms with Crippen molar-refractivity contribution in [3.05, 3.63) is 68.3 Å². The molecule has 17 heavy (non-hydrogen) atoms. The Bertz CT molecular complexity index is 690. The summed E-state index contributed by atoms with van der Waals surface area (Å²) in [5, 5.41) is 4.33. The Hall–Kier alpha value is -1.80. The molecule has 2 aliphatic rings. The van der Waals surface area contributed by atoms with Gasteiger partial charge in [0.25, 0.3) is 0 Å². The summed E-state index contributed by atoms with van der Waals surface area (Å²) in [6.07, 6.45) is 11.4. The van der Waals surface area contributed by atoms with Gasteiger partial charge in [0.2, 0.25) is 0 Å². The van der Waals surface area contributed by atoms with Crippen LogP contribution < -0.4 is 10.4 Å². The summed E-state index contributed by atoms with van der Waals surface area (Å²) in [7, 11) is 0. The van der Waals surface area contributed by atoms with Gasteiger partial charge >= 0.3 is 0 Å². The zero-order chi connectivity index (χ0) is 11.7. The van der Waals surface area contributed by atoms with Crippen molar-refractivity contribution in [3.8, 4) is 0 Å². The van der Waals surface area contributed by atoms with Gasteiger partial charge in [0.1, 0.15) is 6.29 Å². The largest absolute Gasteiger partial charge is 0.298 e. The van der Waals surface area contributed by atoms with Gasteiger partial charge in [0.15, 0.2) is 0 Å². The summed E-state index contributed by atoms with van der Waals surface area (Å²) in [6.45, 7) is 0. The molecule has 2 heteroatoms. The lowest BCUT2D eigenvalue weighted by Crippen LogP contribution is -2.24. The van der Waals surface area contributed by atoms with Crippen LogP contribution in [0.25, 0.3) is 12.2 Å². The minimum absolute atomic E-state index is 0.719. The van der Waals surface area contributed by atoms with Crippen LogP contribution in [0.3, 0.4) is 0 Å². The first-order chi connectivity index (χ1) is 8.36. The van der Waals surface area contributed by atoms with Crippen molar-refractivity contribution in [2.75, 3.05) is 0 Å². The molecule has 0 saturated carbocycles. The van der Waals surface area contributed by atoms with E-state index in [9.17, 15) is 4.79 Å². The van der Waals surface area contributed by atoms with Crippen LogP contribution in [0.4, 0.5) is 0 Å². The molecule has 0 fully saturated rings. The molecule has 1 heterocycles. The molecule has 1 aromatic rings. The van der Waals surface area contributed by atoms with Crippen molar-refractivity contribution >= 4 is 30.2 Å². The monoisotopic (exact) mass is 238 g/mol. The molecule has 0 radical (unpaired) electrons. The van der Waals surface area contributed by atoms with Crippen molar-refractivity contribution in [1.29, 1.82) is 0 Å². The SMILES string of the molecule is O=Cc1ccc2c(c1)=CC=C1SC=CC=C1C=2. The highest BCUT2D eigenvalue weighted by Crippen LogP contribution is 2.30. The number of aldehydes is 1. The van der Waals surface area contributed by atoms with Crippen molar-refractivity contribution in [2.24, 2.45) is 0 Å².